The normalized spacial score (nSPS) is 11.7. The van der Waals surface area contributed by atoms with Gasteiger partial charge in [0.05, 0.1) is 0 Å². The Morgan fingerprint density at radius 1 is 0.246 bits per heavy atom. The summed E-state index contributed by atoms with van der Waals surface area (Å²) in [5.41, 5.74) is 11.3. The van der Waals surface area contributed by atoms with E-state index in [1.54, 1.807) is 0 Å². The molecule has 0 saturated carbocycles. The number of nitrogens with zero attached hydrogens (tertiary/aromatic N) is 3. The Kier molecular flexibility index (Phi) is 8.50. The minimum absolute atomic E-state index is 0.626. The summed E-state index contributed by atoms with van der Waals surface area (Å²) in [6, 6.07) is 79.4. The maximum absolute atomic E-state index is 6.84. The summed E-state index contributed by atoms with van der Waals surface area (Å²) >= 11 is 0. The maximum Gasteiger partial charge on any atom is 0.164 e. The van der Waals surface area contributed by atoms with Crippen molar-refractivity contribution in [2.75, 3.05) is 0 Å². The summed E-state index contributed by atoms with van der Waals surface area (Å²) in [4.78, 5) is 14.9. The Balaban J connectivity index is 0.952. The van der Waals surface area contributed by atoms with Crippen LogP contribution in [0.25, 0.3) is 133 Å². The van der Waals surface area contributed by atoms with E-state index >= 15 is 0 Å². The molecule has 0 unspecified atom stereocenters. The fourth-order valence-corrected chi connectivity index (χ4v) is 9.84. The van der Waals surface area contributed by atoms with E-state index in [0.29, 0.717) is 17.5 Å². The topological polar surface area (TPSA) is 51.8 Å². The molecule has 13 aromatic rings. The third kappa shape index (κ3) is 6.18. The molecule has 65 heavy (non-hydrogen) atoms. The molecule has 0 saturated heterocycles. The highest BCUT2D eigenvalue weighted by Gasteiger charge is 2.20. The molecule has 0 fully saturated rings. The molecule has 0 bridgehead atoms. The summed E-state index contributed by atoms with van der Waals surface area (Å²) in [7, 11) is 0. The Bertz CT molecular complexity index is 3910. The van der Waals surface area contributed by atoms with Crippen LogP contribution in [0.3, 0.4) is 0 Å². The van der Waals surface area contributed by atoms with Crippen molar-refractivity contribution in [1.29, 1.82) is 0 Å². The molecule has 0 atom stereocenters. The second-order valence-electron chi connectivity index (χ2n) is 16.7. The van der Waals surface area contributed by atoms with Crippen molar-refractivity contribution >= 4 is 65.0 Å². The molecule has 0 spiro atoms. The average molecular weight is 828 g/mol. The molecular formula is C61H37N3O. The van der Waals surface area contributed by atoms with Crippen LogP contribution >= 0.6 is 0 Å². The molecule has 2 heterocycles. The largest absolute Gasteiger partial charge is 0.455 e. The summed E-state index contributed by atoms with van der Waals surface area (Å²) in [5.74, 6) is 1.91. The average Bonchev–Trinajstić information content (AvgIpc) is 3.78. The number of benzene rings is 11. The SMILES string of the molecule is c1ccc(-c2nc(-c3ccccc3)nc(-c3cccc(-c4cccc(-c5cccc6oc7c8ccccc8c(-c8ccc9c%10ccccc%10c%10ccccc%10c9c8)cc7c56)c4)c3)n2)cc1. The van der Waals surface area contributed by atoms with Crippen LogP contribution in [0, 0.1) is 0 Å². The zero-order valence-corrected chi connectivity index (χ0v) is 35.1. The van der Waals surface area contributed by atoms with Crippen LogP contribution in [0.5, 0.6) is 0 Å². The lowest BCUT2D eigenvalue weighted by atomic mass is 9.89. The number of hydrogen-bond donors (Lipinski definition) is 0. The van der Waals surface area contributed by atoms with Gasteiger partial charge in [0.1, 0.15) is 11.2 Å². The van der Waals surface area contributed by atoms with Crippen LogP contribution in [-0.4, -0.2) is 15.0 Å². The van der Waals surface area contributed by atoms with Gasteiger partial charge in [-0.1, -0.05) is 194 Å². The highest BCUT2D eigenvalue weighted by atomic mass is 16.3. The lowest BCUT2D eigenvalue weighted by Gasteiger charge is -2.13. The monoisotopic (exact) mass is 827 g/mol. The van der Waals surface area contributed by atoms with Gasteiger partial charge in [0.15, 0.2) is 17.5 Å². The van der Waals surface area contributed by atoms with Crippen molar-refractivity contribution in [2.45, 2.75) is 0 Å². The number of furan rings is 1. The van der Waals surface area contributed by atoms with Gasteiger partial charge in [-0.15, -0.1) is 0 Å². The number of fused-ring (bicyclic) bond motifs is 11. The molecule has 0 N–H and O–H groups in total. The quantitative estimate of drug-likeness (QED) is 0.157. The standard InChI is InChI=1S/C61H37N3O/c1-3-16-38(17-4-1)59-62-60(39-18-5-2-6-19-39)64-61(63-59)44-23-14-21-41(35-44)40-20-13-22-42(34-40)45-30-15-31-56-57(45)55-37-53(50-28-11-12-29-52(50)58(55)65-56)43-32-33-51-48-26-8-7-24-46(48)47-25-9-10-27-49(47)54(51)36-43/h1-37H. The van der Waals surface area contributed by atoms with Crippen LogP contribution in [0.15, 0.2) is 229 Å². The fourth-order valence-electron chi connectivity index (χ4n) is 9.84. The number of aromatic nitrogens is 3. The lowest BCUT2D eigenvalue weighted by molar-refractivity contribution is 0.673. The maximum atomic E-state index is 6.84. The molecular weight excluding hydrogens is 791 g/mol. The van der Waals surface area contributed by atoms with Crippen molar-refractivity contribution in [3.8, 4) is 67.5 Å². The predicted octanol–water partition coefficient (Wildman–Crippen LogP) is 16.4. The Labute approximate surface area is 374 Å². The first-order valence-corrected chi connectivity index (χ1v) is 22.0. The summed E-state index contributed by atoms with van der Waals surface area (Å²) in [5, 5.41) is 12.1. The zero-order valence-electron chi connectivity index (χ0n) is 35.1. The van der Waals surface area contributed by atoms with Gasteiger partial charge >= 0.3 is 0 Å². The smallest absolute Gasteiger partial charge is 0.164 e. The van der Waals surface area contributed by atoms with Crippen molar-refractivity contribution in [3.05, 3.63) is 224 Å². The van der Waals surface area contributed by atoms with E-state index in [-0.39, 0.29) is 0 Å². The van der Waals surface area contributed by atoms with Crippen molar-refractivity contribution in [1.82, 2.24) is 15.0 Å². The molecule has 0 amide bonds. The van der Waals surface area contributed by atoms with Gasteiger partial charge in [-0.3, -0.25) is 0 Å². The first-order valence-electron chi connectivity index (χ1n) is 22.0. The van der Waals surface area contributed by atoms with Crippen LogP contribution in [0.4, 0.5) is 0 Å². The third-order valence-corrected chi connectivity index (χ3v) is 12.9. The Morgan fingerprint density at radius 2 is 0.692 bits per heavy atom. The molecule has 0 aliphatic carbocycles. The molecule has 302 valence electrons. The van der Waals surface area contributed by atoms with E-state index < -0.39 is 0 Å². The molecule has 4 heteroatoms. The van der Waals surface area contributed by atoms with Gasteiger partial charge in [-0.05, 0) is 101 Å². The van der Waals surface area contributed by atoms with E-state index in [4.69, 9.17) is 19.4 Å². The second kappa shape index (κ2) is 15.0. The summed E-state index contributed by atoms with van der Waals surface area (Å²) in [6.07, 6.45) is 0. The summed E-state index contributed by atoms with van der Waals surface area (Å²) < 4.78 is 6.84. The highest BCUT2D eigenvalue weighted by Crippen LogP contribution is 2.45. The van der Waals surface area contributed by atoms with E-state index in [1.807, 2.05) is 60.7 Å². The van der Waals surface area contributed by atoms with Crippen LogP contribution in [0.2, 0.25) is 0 Å². The second-order valence-corrected chi connectivity index (χ2v) is 16.7. The molecule has 0 radical (unpaired) electrons. The van der Waals surface area contributed by atoms with E-state index in [9.17, 15) is 0 Å². The van der Waals surface area contributed by atoms with Gasteiger partial charge in [-0.25, -0.2) is 15.0 Å². The minimum Gasteiger partial charge on any atom is -0.455 e. The van der Waals surface area contributed by atoms with E-state index in [0.717, 1.165) is 71.7 Å². The third-order valence-electron chi connectivity index (χ3n) is 12.9. The molecule has 0 aliphatic rings. The van der Waals surface area contributed by atoms with Crippen LogP contribution < -0.4 is 0 Å². The van der Waals surface area contributed by atoms with Gasteiger partial charge in [0.25, 0.3) is 0 Å². The van der Waals surface area contributed by atoms with E-state index in [2.05, 4.69) is 164 Å². The van der Waals surface area contributed by atoms with Gasteiger partial charge in [0, 0.05) is 32.8 Å². The van der Waals surface area contributed by atoms with Crippen molar-refractivity contribution in [3.63, 3.8) is 0 Å². The Hall–Kier alpha value is -8.73. The van der Waals surface area contributed by atoms with Crippen molar-refractivity contribution < 1.29 is 4.42 Å². The Morgan fingerprint density at radius 3 is 1.32 bits per heavy atom. The summed E-state index contributed by atoms with van der Waals surface area (Å²) in [6.45, 7) is 0. The highest BCUT2D eigenvalue weighted by molar-refractivity contribution is 6.27. The molecule has 11 aromatic carbocycles. The fraction of sp³-hybridized carbons (Fsp3) is 0. The number of rotatable bonds is 6. The first-order chi connectivity index (χ1) is 32.2. The molecule has 2 aromatic heterocycles. The lowest BCUT2D eigenvalue weighted by Crippen LogP contribution is -2.00. The van der Waals surface area contributed by atoms with Crippen LogP contribution in [-0.2, 0) is 0 Å². The molecule has 13 rings (SSSR count). The zero-order chi connectivity index (χ0) is 42.8. The molecule has 4 nitrogen and oxygen atoms in total. The van der Waals surface area contributed by atoms with E-state index in [1.165, 1.54) is 43.4 Å². The van der Waals surface area contributed by atoms with Gasteiger partial charge < -0.3 is 4.42 Å². The molecule has 0 aliphatic heterocycles. The number of hydrogen-bond acceptors (Lipinski definition) is 4. The van der Waals surface area contributed by atoms with Gasteiger partial charge in [0.2, 0.25) is 0 Å². The predicted molar refractivity (Wildman–Crippen MR) is 270 cm³/mol. The first kappa shape index (κ1) is 36.9. The van der Waals surface area contributed by atoms with Crippen LogP contribution in [0.1, 0.15) is 0 Å². The minimum atomic E-state index is 0.626. The van der Waals surface area contributed by atoms with Crippen molar-refractivity contribution in [2.24, 2.45) is 0 Å². The van der Waals surface area contributed by atoms with Gasteiger partial charge in [-0.2, -0.15) is 0 Å².